The van der Waals surface area contributed by atoms with Crippen molar-refractivity contribution in [1.82, 2.24) is 19.7 Å². The van der Waals surface area contributed by atoms with Gasteiger partial charge in [0.1, 0.15) is 5.82 Å². The number of nitrogens with one attached hydrogen (secondary N) is 1. The van der Waals surface area contributed by atoms with E-state index in [1.54, 1.807) is 31.1 Å². The zero-order valence-electron chi connectivity index (χ0n) is 14.2. The first-order valence-electron chi connectivity index (χ1n) is 8.00. The highest BCUT2D eigenvalue weighted by Crippen LogP contribution is 2.10. The van der Waals surface area contributed by atoms with Gasteiger partial charge < -0.3 is 10.2 Å². The minimum atomic E-state index is -0.0948. The highest BCUT2D eigenvalue weighted by molar-refractivity contribution is 6.30. The number of aromatic nitrogens is 1. The van der Waals surface area contributed by atoms with E-state index in [1.165, 1.54) is 6.20 Å². The Morgan fingerprint density at radius 2 is 1.83 bits per heavy atom. The molecule has 0 aliphatic carbocycles. The maximum absolute atomic E-state index is 12.1. The van der Waals surface area contributed by atoms with Crippen LogP contribution in [0.15, 0.2) is 18.3 Å². The maximum Gasteiger partial charge on any atom is 0.239 e. The first kappa shape index (κ1) is 18.6. The van der Waals surface area contributed by atoms with E-state index in [2.05, 4.69) is 20.1 Å². The number of hydrogen-bond donors (Lipinski definition) is 1. The van der Waals surface area contributed by atoms with Crippen molar-refractivity contribution in [3.05, 3.63) is 23.4 Å². The van der Waals surface area contributed by atoms with Crippen molar-refractivity contribution in [1.29, 1.82) is 0 Å². The summed E-state index contributed by atoms with van der Waals surface area (Å²) in [5.41, 5.74) is 0. The van der Waals surface area contributed by atoms with Gasteiger partial charge in [0.25, 0.3) is 0 Å². The van der Waals surface area contributed by atoms with Crippen LogP contribution in [0.1, 0.15) is 6.42 Å². The number of pyridine rings is 1. The van der Waals surface area contributed by atoms with Crippen LogP contribution in [0.5, 0.6) is 0 Å². The van der Waals surface area contributed by atoms with Gasteiger partial charge in [0.2, 0.25) is 11.8 Å². The van der Waals surface area contributed by atoms with E-state index in [-0.39, 0.29) is 11.8 Å². The van der Waals surface area contributed by atoms with Crippen LogP contribution in [-0.2, 0) is 9.59 Å². The molecule has 1 fully saturated rings. The lowest BCUT2D eigenvalue weighted by molar-refractivity contribution is -0.129. The molecule has 0 aromatic carbocycles. The Balaban J connectivity index is 1.78. The molecule has 1 N–H and O–H groups in total. The largest absolute Gasteiger partial charge is 0.348 e. The van der Waals surface area contributed by atoms with E-state index in [0.29, 0.717) is 23.9 Å². The Kier molecular flexibility index (Phi) is 6.96. The Bertz CT molecular complexity index is 564. The fraction of sp³-hybridized carbons (Fsp3) is 0.562. The number of anilines is 1. The smallest absolute Gasteiger partial charge is 0.239 e. The normalized spacial score (nSPS) is 16.5. The Morgan fingerprint density at radius 1 is 1.17 bits per heavy atom. The summed E-state index contributed by atoms with van der Waals surface area (Å²) >= 11 is 5.78. The van der Waals surface area contributed by atoms with Crippen LogP contribution in [0.25, 0.3) is 0 Å². The van der Waals surface area contributed by atoms with Gasteiger partial charge in [-0.15, -0.1) is 0 Å². The molecule has 1 saturated heterocycles. The second-order valence-corrected chi connectivity index (χ2v) is 6.54. The van der Waals surface area contributed by atoms with Crippen molar-refractivity contribution in [2.24, 2.45) is 0 Å². The third kappa shape index (κ3) is 6.07. The zero-order valence-corrected chi connectivity index (χ0v) is 14.9. The van der Waals surface area contributed by atoms with Gasteiger partial charge in [0.15, 0.2) is 0 Å². The number of carbonyl (C=O) groups is 2. The minimum absolute atomic E-state index is 0.0948. The first-order valence-corrected chi connectivity index (χ1v) is 8.38. The maximum atomic E-state index is 12.1. The lowest BCUT2D eigenvalue weighted by Crippen LogP contribution is -2.39. The molecule has 1 aromatic rings. The summed E-state index contributed by atoms with van der Waals surface area (Å²) in [5.74, 6) is 0.509. The number of likely N-dealkylation sites (N-methyl/N-ethyl adjacent to an activating group) is 1. The van der Waals surface area contributed by atoms with Crippen LogP contribution in [0, 0.1) is 0 Å². The molecule has 0 bridgehead atoms. The van der Waals surface area contributed by atoms with Crippen molar-refractivity contribution in [2.45, 2.75) is 6.42 Å². The van der Waals surface area contributed by atoms with Gasteiger partial charge in [-0.25, -0.2) is 4.98 Å². The lowest BCUT2D eigenvalue weighted by atomic mass is 10.3. The van der Waals surface area contributed by atoms with Crippen LogP contribution in [-0.4, -0.2) is 84.9 Å². The molecule has 1 aliphatic heterocycles. The second-order valence-electron chi connectivity index (χ2n) is 6.10. The molecule has 0 spiro atoms. The zero-order chi connectivity index (χ0) is 17.5. The molecule has 24 heavy (non-hydrogen) atoms. The first-order chi connectivity index (χ1) is 11.4. The van der Waals surface area contributed by atoms with Crippen LogP contribution >= 0.6 is 11.6 Å². The molecular formula is C16H24ClN5O2. The fourth-order valence-corrected chi connectivity index (χ4v) is 2.62. The van der Waals surface area contributed by atoms with E-state index in [9.17, 15) is 9.59 Å². The third-order valence-electron chi connectivity index (χ3n) is 3.90. The van der Waals surface area contributed by atoms with E-state index >= 15 is 0 Å². The average Bonchev–Trinajstić information content (AvgIpc) is 2.75. The molecule has 0 atom stereocenters. The molecular weight excluding hydrogens is 330 g/mol. The fourth-order valence-electron chi connectivity index (χ4n) is 2.51. The predicted octanol–water partition coefficient (Wildman–Crippen LogP) is 0.769. The molecule has 2 amide bonds. The molecule has 2 rings (SSSR count). The highest BCUT2D eigenvalue weighted by Gasteiger charge is 2.19. The van der Waals surface area contributed by atoms with E-state index in [0.717, 1.165) is 32.6 Å². The number of rotatable bonds is 5. The van der Waals surface area contributed by atoms with Gasteiger partial charge in [-0.1, -0.05) is 11.6 Å². The van der Waals surface area contributed by atoms with Gasteiger partial charge >= 0.3 is 0 Å². The van der Waals surface area contributed by atoms with E-state index in [1.807, 2.05) is 0 Å². The van der Waals surface area contributed by atoms with Crippen LogP contribution in [0.3, 0.4) is 0 Å². The van der Waals surface area contributed by atoms with Gasteiger partial charge in [0.05, 0.1) is 18.1 Å². The number of nitrogens with zero attached hydrogens (tertiary/aromatic N) is 4. The van der Waals surface area contributed by atoms with Crippen LogP contribution in [0.4, 0.5) is 5.82 Å². The summed E-state index contributed by atoms with van der Waals surface area (Å²) in [4.78, 5) is 33.8. The van der Waals surface area contributed by atoms with Gasteiger partial charge in [-0.2, -0.15) is 0 Å². The Labute approximate surface area is 147 Å². The molecule has 1 aliphatic rings. The van der Waals surface area contributed by atoms with Crippen LogP contribution < -0.4 is 5.32 Å². The van der Waals surface area contributed by atoms with Gasteiger partial charge in [-0.3, -0.25) is 19.4 Å². The van der Waals surface area contributed by atoms with E-state index < -0.39 is 0 Å². The topological polar surface area (TPSA) is 68.8 Å². The Hall–Kier alpha value is -1.70. The van der Waals surface area contributed by atoms with Crippen molar-refractivity contribution in [2.75, 3.05) is 58.7 Å². The number of hydrogen-bond acceptors (Lipinski definition) is 5. The quantitative estimate of drug-likeness (QED) is 0.846. The van der Waals surface area contributed by atoms with Gasteiger partial charge in [0, 0.05) is 33.4 Å². The molecule has 8 heteroatoms. The summed E-state index contributed by atoms with van der Waals surface area (Å²) in [6, 6.07) is 3.37. The average molecular weight is 354 g/mol. The minimum Gasteiger partial charge on any atom is -0.348 e. The monoisotopic (exact) mass is 353 g/mol. The standard InChI is InChI=1S/C16H24ClN5O2/c1-20(2)16(24)12-22-7-3-6-21(8-9-22)11-15(23)19-14-5-4-13(17)10-18-14/h4-5,10H,3,6-9,11-12H2,1-2H3,(H,18,19,23). The highest BCUT2D eigenvalue weighted by atomic mass is 35.5. The van der Waals surface area contributed by atoms with E-state index in [4.69, 9.17) is 11.6 Å². The molecule has 0 unspecified atom stereocenters. The SMILES string of the molecule is CN(C)C(=O)CN1CCCN(CC(=O)Nc2ccc(Cl)cn2)CC1. The molecule has 2 heterocycles. The molecule has 0 saturated carbocycles. The summed E-state index contributed by atoms with van der Waals surface area (Å²) in [7, 11) is 3.53. The second kappa shape index (κ2) is 8.96. The van der Waals surface area contributed by atoms with Crippen molar-refractivity contribution in [3.63, 3.8) is 0 Å². The Morgan fingerprint density at radius 3 is 2.42 bits per heavy atom. The number of halogens is 1. The molecule has 0 radical (unpaired) electrons. The lowest BCUT2D eigenvalue weighted by Gasteiger charge is -2.22. The summed E-state index contributed by atoms with van der Waals surface area (Å²) < 4.78 is 0. The number of amides is 2. The van der Waals surface area contributed by atoms with Crippen LogP contribution in [0.2, 0.25) is 5.02 Å². The molecule has 132 valence electrons. The van der Waals surface area contributed by atoms with Crippen molar-refractivity contribution >= 4 is 29.2 Å². The van der Waals surface area contributed by atoms with Crippen molar-refractivity contribution in [3.8, 4) is 0 Å². The summed E-state index contributed by atoms with van der Waals surface area (Å²) in [6.07, 6.45) is 2.44. The predicted molar refractivity (Wildman–Crippen MR) is 94.1 cm³/mol. The summed E-state index contributed by atoms with van der Waals surface area (Å²) in [5, 5.41) is 3.31. The van der Waals surface area contributed by atoms with Crippen molar-refractivity contribution < 1.29 is 9.59 Å². The molecule has 7 nitrogen and oxygen atoms in total. The molecule has 1 aromatic heterocycles. The summed E-state index contributed by atoms with van der Waals surface area (Å²) in [6.45, 7) is 4.01. The number of carbonyl (C=O) groups excluding carboxylic acids is 2. The van der Waals surface area contributed by atoms with Gasteiger partial charge in [-0.05, 0) is 31.6 Å². The third-order valence-corrected chi connectivity index (χ3v) is 4.12.